The van der Waals surface area contributed by atoms with Gasteiger partial charge in [-0.05, 0) is 44.3 Å². The molecule has 3 rings (SSSR count). The predicted molar refractivity (Wildman–Crippen MR) is 81.8 cm³/mol. The maximum absolute atomic E-state index is 3.51. The molecule has 1 aromatic heterocycles. The quantitative estimate of drug-likeness (QED) is 0.911. The Hall–Kier alpha value is -0.420. The zero-order chi connectivity index (χ0) is 13.1. The minimum atomic E-state index is 0.593. The van der Waals surface area contributed by atoms with Gasteiger partial charge in [-0.3, -0.25) is 4.90 Å². The number of hydrogen-bond acceptors (Lipinski definition) is 4. The molecule has 2 atom stereocenters. The van der Waals surface area contributed by atoms with E-state index in [-0.39, 0.29) is 0 Å². The van der Waals surface area contributed by atoms with E-state index in [1.54, 1.807) is 4.88 Å². The third-order valence-corrected chi connectivity index (χ3v) is 5.43. The zero-order valence-corrected chi connectivity index (χ0v) is 12.7. The topological polar surface area (TPSA) is 18.5 Å². The van der Waals surface area contributed by atoms with Gasteiger partial charge in [-0.25, -0.2) is 0 Å². The van der Waals surface area contributed by atoms with E-state index in [2.05, 4.69) is 39.6 Å². The molecule has 0 amide bonds. The van der Waals surface area contributed by atoms with Gasteiger partial charge in [0.25, 0.3) is 0 Å². The van der Waals surface area contributed by atoms with Gasteiger partial charge in [-0.2, -0.15) is 0 Å². The Kier molecular flexibility index (Phi) is 4.53. The van der Waals surface area contributed by atoms with E-state index in [1.165, 1.54) is 39.0 Å². The minimum absolute atomic E-state index is 0.593. The Bertz CT molecular complexity index is 373. The first-order valence-corrected chi connectivity index (χ1v) is 8.45. The molecule has 1 N–H and O–H groups in total. The second kappa shape index (κ2) is 6.35. The van der Waals surface area contributed by atoms with Crippen molar-refractivity contribution in [3.63, 3.8) is 0 Å². The first-order valence-electron chi connectivity index (χ1n) is 7.57. The van der Waals surface area contributed by atoms with Crippen LogP contribution in [0.25, 0.3) is 0 Å². The molecule has 2 unspecified atom stereocenters. The molecule has 106 valence electrons. The van der Waals surface area contributed by atoms with Crippen LogP contribution in [0.4, 0.5) is 0 Å². The van der Waals surface area contributed by atoms with Crippen LogP contribution in [0.5, 0.6) is 0 Å². The monoisotopic (exact) mass is 279 g/mol. The molecule has 0 bridgehead atoms. The Morgan fingerprint density at radius 2 is 2.21 bits per heavy atom. The lowest BCUT2D eigenvalue weighted by Crippen LogP contribution is -2.52. The first kappa shape index (κ1) is 13.6. The molecule has 0 spiro atoms. The molecule has 3 nitrogen and oxygen atoms in total. The average molecular weight is 279 g/mol. The summed E-state index contributed by atoms with van der Waals surface area (Å²) >= 11 is 1.92. The van der Waals surface area contributed by atoms with Gasteiger partial charge in [0, 0.05) is 37.1 Å². The van der Waals surface area contributed by atoms with Crippen molar-refractivity contribution in [1.82, 2.24) is 15.1 Å². The van der Waals surface area contributed by atoms with E-state index >= 15 is 0 Å². The Morgan fingerprint density at radius 1 is 1.37 bits per heavy atom. The molecule has 3 heterocycles. The van der Waals surface area contributed by atoms with Crippen LogP contribution in [-0.2, 0) is 0 Å². The van der Waals surface area contributed by atoms with E-state index < -0.39 is 0 Å². The lowest BCUT2D eigenvalue weighted by atomic mass is 10.1. The molecule has 0 aromatic carbocycles. The third kappa shape index (κ3) is 3.19. The highest BCUT2D eigenvalue weighted by atomic mass is 32.1. The van der Waals surface area contributed by atoms with Crippen molar-refractivity contribution in [2.75, 3.05) is 39.3 Å². The highest BCUT2D eigenvalue weighted by molar-refractivity contribution is 7.10. The fraction of sp³-hybridized carbons (Fsp3) is 0.733. The summed E-state index contributed by atoms with van der Waals surface area (Å²) in [6.45, 7) is 9.60. The molecule has 2 aliphatic heterocycles. The Labute approximate surface area is 120 Å². The van der Waals surface area contributed by atoms with Crippen LogP contribution in [0.2, 0.25) is 0 Å². The van der Waals surface area contributed by atoms with Crippen LogP contribution >= 0.6 is 11.3 Å². The van der Waals surface area contributed by atoms with Crippen LogP contribution in [0.15, 0.2) is 17.5 Å². The highest BCUT2D eigenvalue weighted by Gasteiger charge is 2.29. The molecule has 0 aliphatic carbocycles. The molecule has 0 saturated carbocycles. The molecular formula is C15H25N3S. The van der Waals surface area contributed by atoms with E-state index in [0.29, 0.717) is 12.1 Å². The molecular weight excluding hydrogens is 254 g/mol. The van der Waals surface area contributed by atoms with E-state index in [1.807, 2.05) is 11.3 Å². The standard InChI is InChI=1S/C15H25N3S/c1-13-11-16-6-9-18(13)14(15-5-4-10-19-15)12-17-7-2-3-8-17/h4-5,10,13-14,16H,2-3,6-9,11-12H2,1H3. The lowest BCUT2D eigenvalue weighted by Gasteiger charge is -2.41. The highest BCUT2D eigenvalue weighted by Crippen LogP contribution is 2.29. The van der Waals surface area contributed by atoms with Gasteiger partial charge >= 0.3 is 0 Å². The number of nitrogens with one attached hydrogen (secondary N) is 1. The molecule has 0 radical (unpaired) electrons. The van der Waals surface area contributed by atoms with Crippen molar-refractivity contribution in [3.05, 3.63) is 22.4 Å². The van der Waals surface area contributed by atoms with Crippen LogP contribution in [0, 0.1) is 0 Å². The smallest absolute Gasteiger partial charge is 0.0572 e. The molecule has 2 saturated heterocycles. The van der Waals surface area contributed by atoms with Gasteiger partial charge in [-0.1, -0.05) is 6.07 Å². The Morgan fingerprint density at radius 3 is 2.89 bits per heavy atom. The maximum Gasteiger partial charge on any atom is 0.0572 e. The van der Waals surface area contributed by atoms with Crippen LogP contribution in [-0.4, -0.2) is 55.1 Å². The summed E-state index contributed by atoms with van der Waals surface area (Å²) < 4.78 is 0. The van der Waals surface area contributed by atoms with Crippen molar-refractivity contribution < 1.29 is 0 Å². The number of likely N-dealkylation sites (tertiary alicyclic amines) is 1. The normalized spacial score (nSPS) is 27.7. The molecule has 4 heteroatoms. The molecule has 2 aliphatic rings. The number of rotatable bonds is 4. The summed E-state index contributed by atoms with van der Waals surface area (Å²) in [5.74, 6) is 0. The second-order valence-electron chi connectivity index (χ2n) is 5.83. The fourth-order valence-electron chi connectivity index (χ4n) is 3.37. The molecule has 19 heavy (non-hydrogen) atoms. The van der Waals surface area contributed by atoms with Gasteiger partial charge in [-0.15, -0.1) is 11.3 Å². The van der Waals surface area contributed by atoms with Gasteiger partial charge in [0.05, 0.1) is 6.04 Å². The number of piperazine rings is 1. The maximum atomic E-state index is 3.51. The first-order chi connectivity index (χ1) is 9.34. The van der Waals surface area contributed by atoms with Crippen LogP contribution in [0.1, 0.15) is 30.7 Å². The summed E-state index contributed by atoms with van der Waals surface area (Å²) in [4.78, 5) is 6.90. The summed E-state index contributed by atoms with van der Waals surface area (Å²) in [7, 11) is 0. The molecule has 1 aromatic rings. The minimum Gasteiger partial charge on any atom is -0.314 e. The fourth-order valence-corrected chi connectivity index (χ4v) is 4.21. The predicted octanol–water partition coefficient (Wildman–Crippen LogP) is 2.18. The lowest BCUT2D eigenvalue weighted by molar-refractivity contribution is 0.0927. The summed E-state index contributed by atoms with van der Waals surface area (Å²) in [5.41, 5.74) is 0. The summed E-state index contributed by atoms with van der Waals surface area (Å²) in [6.07, 6.45) is 2.77. The number of hydrogen-bond donors (Lipinski definition) is 1. The van der Waals surface area contributed by atoms with Crippen molar-refractivity contribution in [2.45, 2.75) is 31.8 Å². The van der Waals surface area contributed by atoms with Gasteiger partial charge in [0.2, 0.25) is 0 Å². The van der Waals surface area contributed by atoms with E-state index in [0.717, 1.165) is 13.1 Å². The Balaban J connectivity index is 1.75. The van der Waals surface area contributed by atoms with Gasteiger partial charge in [0.15, 0.2) is 0 Å². The van der Waals surface area contributed by atoms with Crippen LogP contribution < -0.4 is 5.32 Å². The molecule has 2 fully saturated rings. The van der Waals surface area contributed by atoms with Crippen molar-refractivity contribution in [2.24, 2.45) is 0 Å². The van der Waals surface area contributed by atoms with Crippen molar-refractivity contribution >= 4 is 11.3 Å². The van der Waals surface area contributed by atoms with E-state index in [9.17, 15) is 0 Å². The largest absolute Gasteiger partial charge is 0.314 e. The van der Waals surface area contributed by atoms with E-state index in [4.69, 9.17) is 0 Å². The van der Waals surface area contributed by atoms with Crippen LogP contribution in [0.3, 0.4) is 0 Å². The van der Waals surface area contributed by atoms with Crippen molar-refractivity contribution in [3.8, 4) is 0 Å². The van der Waals surface area contributed by atoms with Gasteiger partial charge < -0.3 is 10.2 Å². The zero-order valence-electron chi connectivity index (χ0n) is 11.8. The second-order valence-corrected chi connectivity index (χ2v) is 6.81. The number of nitrogens with zero attached hydrogens (tertiary/aromatic N) is 2. The number of thiophene rings is 1. The SMILES string of the molecule is CC1CNCCN1C(CN1CCCC1)c1cccs1. The summed E-state index contributed by atoms with van der Waals surface area (Å²) in [5, 5.41) is 5.73. The van der Waals surface area contributed by atoms with Crippen molar-refractivity contribution in [1.29, 1.82) is 0 Å². The summed E-state index contributed by atoms with van der Waals surface area (Å²) in [6, 6.07) is 5.75. The average Bonchev–Trinajstić information content (AvgIpc) is 3.10. The third-order valence-electron chi connectivity index (χ3n) is 4.45. The van der Waals surface area contributed by atoms with Gasteiger partial charge in [0.1, 0.15) is 0 Å².